The minimum atomic E-state index is -4.79. The van der Waals surface area contributed by atoms with E-state index in [-0.39, 0.29) is 46.6 Å². The minimum absolute atomic E-state index is 0.0105. The molecule has 17 heteroatoms. The highest BCUT2D eigenvalue weighted by Crippen LogP contribution is 2.55. The number of carbonyl (C=O) groups is 1. The number of sulfonamides is 1. The summed E-state index contributed by atoms with van der Waals surface area (Å²) >= 11 is 0. The summed E-state index contributed by atoms with van der Waals surface area (Å²) in [4.78, 5) is 37.9. The molecule has 2 saturated carbocycles. The average Bonchev–Trinajstić information content (AvgIpc) is 4.09. The van der Waals surface area contributed by atoms with Crippen LogP contribution in [0.4, 0.5) is 17.1 Å². The number of rotatable bonds is 13. The van der Waals surface area contributed by atoms with Crippen molar-refractivity contribution in [1.29, 1.82) is 0 Å². The third-order valence-electron chi connectivity index (χ3n) is 15.1. The Morgan fingerprint density at radius 3 is 2.54 bits per heavy atom. The van der Waals surface area contributed by atoms with Crippen LogP contribution >= 0.6 is 0 Å². The molecular formula is C50H59N7O9S. The van der Waals surface area contributed by atoms with E-state index in [1.807, 2.05) is 6.07 Å². The van der Waals surface area contributed by atoms with E-state index in [1.165, 1.54) is 43.0 Å². The number of H-pyrrole nitrogens is 1. The lowest BCUT2D eigenvalue weighted by Gasteiger charge is -2.56. The highest BCUT2D eigenvalue weighted by Gasteiger charge is 2.50. The van der Waals surface area contributed by atoms with Crippen molar-refractivity contribution in [2.45, 2.75) is 113 Å². The van der Waals surface area contributed by atoms with Crippen LogP contribution in [0.25, 0.3) is 11.0 Å². The van der Waals surface area contributed by atoms with Crippen molar-refractivity contribution in [1.82, 2.24) is 19.6 Å². The van der Waals surface area contributed by atoms with Crippen LogP contribution in [0.5, 0.6) is 23.0 Å². The van der Waals surface area contributed by atoms with Crippen LogP contribution in [0.2, 0.25) is 0 Å². The Morgan fingerprint density at radius 2 is 1.78 bits per heavy atom. The summed E-state index contributed by atoms with van der Waals surface area (Å²) in [5.41, 5.74) is 3.35. The zero-order valence-corrected chi connectivity index (χ0v) is 39.1. The van der Waals surface area contributed by atoms with Crippen LogP contribution in [0.1, 0.15) is 118 Å². The molecule has 10 rings (SSSR count). The van der Waals surface area contributed by atoms with Gasteiger partial charge < -0.3 is 34.5 Å². The van der Waals surface area contributed by atoms with Crippen molar-refractivity contribution in [2.24, 2.45) is 11.3 Å². The van der Waals surface area contributed by atoms with Gasteiger partial charge in [-0.25, -0.2) is 18.1 Å². The summed E-state index contributed by atoms with van der Waals surface area (Å²) in [6, 6.07) is 19.6. The van der Waals surface area contributed by atoms with E-state index in [9.17, 15) is 28.4 Å². The fourth-order valence-corrected chi connectivity index (χ4v) is 12.5. The number of nitrogens with zero attached hydrogens (tertiary/aromatic N) is 4. The number of piperidine rings is 1. The molecule has 1 atom stereocenters. The lowest BCUT2D eigenvalue weighted by molar-refractivity contribution is -0.384. The normalized spacial score (nSPS) is 22.9. The average molecular weight is 934 g/mol. The summed E-state index contributed by atoms with van der Waals surface area (Å²) in [6.45, 7) is 9.11. The van der Waals surface area contributed by atoms with E-state index in [1.54, 1.807) is 37.4 Å². The summed E-state index contributed by atoms with van der Waals surface area (Å²) in [5.74, 6) is -0.299. The molecule has 1 amide bonds. The standard InChI is InChI=1S/C50H59N7O9S/c1-31(2)37-7-4-5-8-38(37)40-9-6-20-56(40)35-26-50(27-35)17-21-55(22-18-50)34-10-11-39(42(24-34)66-36-23-33-14-19-51-47(33)53-29-36)48(58)54-67(62,63)43-25-41(57(60)61)44(46-45(43)64-30-65-46)52-28-32-12-15-49(3,59)16-13-32/h4-5,7-8,10-11,14,19,23-25,29,31-32,35,40,52,59H,6,9,12-13,15-18,20-22,26-28,30H2,1-3H3,(H,51,53)(H,54,58). The molecule has 1 spiro atoms. The van der Waals surface area contributed by atoms with E-state index in [4.69, 9.17) is 14.2 Å². The molecule has 3 aliphatic heterocycles. The molecule has 3 aromatic carbocycles. The number of nitro groups is 1. The number of aliphatic hydroxyl groups is 1. The second-order valence-electron chi connectivity index (χ2n) is 19.9. The molecule has 4 N–H and O–H groups in total. The molecule has 354 valence electrons. The largest absolute Gasteiger partial charge is 0.455 e. The Hall–Kier alpha value is -5.91. The molecule has 5 heterocycles. The number of benzene rings is 3. The number of anilines is 2. The highest BCUT2D eigenvalue weighted by molar-refractivity contribution is 7.90. The molecule has 2 saturated heterocycles. The number of hydrogen-bond acceptors (Lipinski definition) is 13. The summed E-state index contributed by atoms with van der Waals surface area (Å²) < 4.78 is 48.1. The number of ether oxygens (including phenoxy) is 3. The monoisotopic (exact) mass is 933 g/mol. The fraction of sp³-hybridized carbons (Fsp3) is 0.480. The summed E-state index contributed by atoms with van der Waals surface area (Å²) in [7, 11) is -4.79. The van der Waals surface area contributed by atoms with Crippen molar-refractivity contribution in [3.63, 3.8) is 0 Å². The molecule has 2 aromatic heterocycles. The van der Waals surface area contributed by atoms with Crippen molar-refractivity contribution >= 4 is 44.0 Å². The number of fused-ring (bicyclic) bond motifs is 2. The SMILES string of the molecule is CC(C)c1ccccc1C1CCCN1C1CC2(CCN(c3ccc(C(=O)NS(=O)(=O)c4cc([N+](=O)[O-])c(NCC5CCC(C)(O)CC5)c5c4OCO5)c(Oc4cnc5[nH]ccc5c4)c3)CC2)C1. The first kappa shape index (κ1) is 44.9. The molecule has 5 aliphatic rings. The summed E-state index contributed by atoms with van der Waals surface area (Å²) in [6.07, 6.45) is 12.8. The molecular weight excluding hydrogens is 875 g/mol. The third kappa shape index (κ3) is 8.88. The van der Waals surface area contributed by atoms with Gasteiger partial charge in [0.15, 0.2) is 17.2 Å². The molecule has 0 radical (unpaired) electrons. The number of pyridine rings is 1. The molecule has 0 bridgehead atoms. The fourth-order valence-electron chi connectivity index (χ4n) is 11.3. The topological polar surface area (TPSA) is 201 Å². The smallest absolute Gasteiger partial charge is 0.297 e. The number of likely N-dealkylation sites (tertiary alicyclic amines) is 1. The van der Waals surface area contributed by atoms with Gasteiger partial charge in [0.2, 0.25) is 6.79 Å². The molecule has 5 aromatic rings. The van der Waals surface area contributed by atoms with Crippen LogP contribution in [0.3, 0.4) is 0 Å². The highest BCUT2D eigenvalue weighted by atomic mass is 32.2. The molecule has 67 heavy (non-hydrogen) atoms. The molecule has 16 nitrogen and oxygen atoms in total. The van der Waals surface area contributed by atoms with Crippen molar-refractivity contribution in [3.8, 4) is 23.0 Å². The Balaban J connectivity index is 0.867. The lowest BCUT2D eigenvalue weighted by Crippen LogP contribution is -2.54. The van der Waals surface area contributed by atoms with Gasteiger partial charge in [-0.05, 0) is 130 Å². The number of amides is 1. The van der Waals surface area contributed by atoms with Gasteiger partial charge in [-0.15, -0.1) is 0 Å². The van der Waals surface area contributed by atoms with E-state index >= 15 is 0 Å². The van der Waals surface area contributed by atoms with E-state index in [2.05, 4.69) is 67.9 Å². The van der Waals surface area contributed by atoms with Gasteiger partial charge in [0, 0.05) is 61.1 Å². The number of aromatic nitrogens is 2. The maximum atomic E-state index is 14.2. The molecule has 4 fully saturated rings. The van der Waals surface area contributed by atoms with E-state index in [0.717, 1.165) is 49.6 Å². The second kappa shape index (κ2) is 17.6. The van der Waals surface area contributed by atoms with Gasteiger partial charge in [0.25, 0.3) is 21.6 Å². The van der Waals surface area contributed by atoms with Crippen LogP contribution in [0, 0.1) is 21.4 Å². The predicted molar refractivity (Wildman–Crippen MR) is 254 cm³/mol. The third-order valence-corrected chi connectivity index (χ3v) is 16.5. The van der Waals surface area contributed by atoms with Crippen LogP contribution in [0.15, 0.2) is 78.0 Å². The zero-order chi connectivity index (χ0) is 46.7. The zero-order valence-electron chi connectivity index (χ0n) is 38.3. The number of carbonyl (C=O) groups excluding carboxylic acids is 1. The lowest BCUT2D eigenvalue weighted by atomic mass is 9.59. The Labute approximate surface area is 390 Å². The van der Waals surface area contributed by atoms with Crippen LogP contribution in [-0.2, 0) is 10.0 Å². The van der Waals surface area contributed by atoms with Gasteiger partial charge in [-0.1, -0.05) is 38.1 Å². The first-order valence-electron chi connectivity index (χ1n) is 23.6. The Morgan fingerprint density at radius 1 is 1.01 bits per heavy atom. The number of hydrogen-bond donors (Lipinski definition) is 4. The van der Waals surface area contributed by atoms with Gasteiger partial charge in [-0.3, -0.25) is 19.8 Å². The van der Waals surface area contributed by atoms with Gasteiger partial charge >= 0.3 is 0 Å². The van der Waals surface area contributed by atoms with E-state index < -0.39 is 37.0 Å². The Kier molecular flexibility index (Phi) is 11.8. The number of nitrogens with one attached hydrogen (secondary N) is 3. The first-order chi connectivity index (χ1) is 32.2. The maximum Gasteiger partial charge on any atom is 0.297 e. The second-order valence-corrected chi connectivity index (χ2v) is 21.6. The van der Waals surface area contributed by atoms with Gasteiger partial charge in [0.1, 0.15) is 22.0 Å². The van der Waals surface area contributed by atoms with Crippen molar-refractivity contribution in [3.05, 3.63) is 99.9 Å². The quantitative estimate of drug-likeness (QED) is 0.0644. The van der Waals surface area contributed by atoms with Crippen molar-refractivity contribution in [2.75, 3.05) is 43.2 Å². The van der Waals surface area contributed by atoms with Crippen molar-refractivity contribution < 1.29 is 37.5 Å². The van der Waals surface area contributed by atoms with Crippen LogP contribution in [-0.4, -0.2) is 83.8 Å². The Bertz CT molecular complexity index is 2800. The number of nitro benzene ring substituents is 1. The van der Waals surface area contributed by atoms with Gasteiger partial charge in [-0.2, -0.15) is 0 Å². The molecule has 2 aliphatic carbocycles. The maximum absolute atomic E-state index is 14.2. The van der Waals surface area contributed by atoms with E-state index in [0.29, 0.717) is 61.6 Å². The summed E-state index contributed by atoms with van der Waals surface area (Å²) in [5, 5.41) is 26.8. The number of aromatic amines is 1. The minimum Gasteiger partial charge on any atom is -0.455 e. The predicted octanol–water partition coefficient (Wildman–Crippen LogP) is 9.17. The molecule has 1 unspecified atom stereocenters. The van der Waals surface area contributed by atoms with Gasteiger partial charge in [0.05, 0.1) is 22.3 Å². The van der Waals surface area contributed by atoms with Crippen LogP contribution < -0.4 is 29.1 Å². The first-order valence-corrected chi connectivity index (χ1v) is 25.1.